The van der Waals surface area contributed by atoms with Gasteiger partial charge in [0.2, 0.25) is 0 Å². The van der Waals surface area contributed by atoms with Crippen LogP contribution in [-0.4, -0.2) is 19.6 Å². The summed E-state index contributed by atoms with van der Waals surface area (Å²) in [7, 11) is 1.67. The van der Waals surface area contributed by atoms with E-state index in [0.29, 0.717) is 5.84 Å². The van der Waals surface area contributed by atoms with Crippen LogP contribution in [0.5, 0.6) is 0 Å². The van der Waals surface area contributed by atoms with Gasteiger partial charge in [-0.05, 0) is 48.5 Å². The van der Waals surface area contributed by atoms with E-state index in [4.69, 9.17) is 11.5 Å². The van der Waals surface area contributed by atoms with Crippen LogP contribution in [-0.2, 0) is 0 Å². The van der Waals surface area contributed by atoms with Crippen LogP contribution in [0.3, 0.4) is 0 Å². The van der Waals surface area contributed by atoms with Gasteiger partial charge in [0.1, 0.15) is 5.84 Å². The number of aryl methyl sites for hydroxylation is 1. The first-order valence-corrected chi connectivity index (χ1v) is 7.99. The normalized spacial score (nSPS) is 11.8. The van der Waals surface area contributed by atoms with Crippen molar-refractivity contribution in [2.75, 3.05) is 12.8 Å². The molecule has 3 rings (SSSR count). The third-order valence-electron chi connectivity index (χ3n) is 3.87. The Balaban J connectivity index is 2.24. The molecule has 23 heavy (non-hydrogen) atoms. The highest BCUT2D eigenvalue weighted by Gasteiger charge is 2.15. The number of nitrogens with zero attached hydrogens (tertiary/aromatic N) is 2. The predicted octanol–water partition coefficient (Wildman–Crippen LogP) is 4.13. The monoisotopic (exact) mass is 322 g/mol. The van der Waals surface area contributed by atoms with Crippen molar-refractivity contribution in [2.24, 2.45) is 15.7 Å². The van der Waals surface area contributed by atoms with E-state index in [2.05, 4.69) is 41.8 Å². The zero-order valence-corrected chi connectivity index (χ0v) is 13.9. The molecular formula is C18H18N4S. The molecule has 0 fully saturated rings. The van der Waals surface area contributed by atoms with Crippen molar-refractivity contribution in [3.63, 3.8) is 0 Å². The van der Waals surface area contributed by atoms with Gasteiger partial charge in [-0.15, -0.1) is 11.3 Å². The van der Waals surface area contributed by atoms with E-state index in [9.17, 15) is 0 Å². The van der Waals surface area contributed by atoms with E-state index in [0.717, 1.165) is 37.5 Å². The maximum Gasteiger partial charge on any atom is 0.137 e. The zero-order valence-electron chi connectivity index (χ0n) is 13.1. The van der Waals surface area contributed by atoms with Crippen LogP contribution < -0.4 is 11.5 Å². The summed E-state index contributed by atoms with van der Waals surface area (Å²) in [6, 6.07) is 12.2. The Morgan fingerprint density at radius 1 is 1.17 bits per heavy atom. The van der Waals surface area contributed by atoms with Crippen molar-refractivity contribution in [1.82, 2.24) is 0 Å². The van der Waals surface area contributed by atoms with Crippen LogP contribution in [0.15, 0.2) is 46.4 Å². The minimum Gasteiger partial charge on any atom is -0.399 e. The van der Waals surface area contributed by atoms with E-state index in [1.807, 2.05) is 18.2 Å². The first-order chi connectivity index (χ1) is 11.0. The number of nitrogen functional groups attached to an aromatic ring is 1. The molecule has 3 aromatic rings. The van der Waals surface area contributed by atoms with Gasteiger partial charge in [-0.2, -0.15) is 0 Å². The van der Waals surface area contributed by atoms with E-state index in [1.165, 1.54) is 5.56 Å². The summed E-state index contributed by atoms with van der Waals surface area (Å²) >= 11 is 1.58. The first-order valence-electron chi connectivity index (χ1n) is 7.17. The van der Waals surface area contributed by atoms with Gasteiger partial charge in [-0.3, -0.25) is 9.98 Å². The molecule has 0 spiro atoms. The number of rotatable bonds is 3. The molecule has 5 heteroatoms. The molecule has 0 bridgehead atoms. The van der Waals surface area contributed by atoms with Gasteiger partial charge in [0, 0.05) is 22.8 Å². The average Bonchev–Trinajstić information content (AvgIpc) is 2.93. The first kappa shape index (κ1) is 15.2. The van der Waals surface area contributed by atoms with Gasteiger partial charge >= 0.3 is 0 Å². The van der Waals surface area contributed by atoms with Crippen molar-refractivity contribution in [2.45, 2.75) is 6.92 Å². The summed E-state index contributed by atoms with van der Waals surface area (Å²) < 4.78 is 1.10. The Morgan fingerprint density at radius 3 is 2.65 bits per heavy atom. The molecule has 0 radical (unpaired) electrons. The summed E-state index contributed by atoms with van der Waals surface area (Å²) in [5, 5.41) is 1.04. The van der Waals surface area contributed by atoms with Crippen molar-refractivity contribution in [3.05, 3.63) is 46.8 Å². The second-order valence-corrected chi connectivity index (χ2v) is 6.38. The predicted molar refractivity (Wildman–Crippen MR) is 102 cm³/mol. The molecule has 4 N–H and O–H groups in total. The van der Waals surface area contributed by atoms with E-state index in [1.54, 1.807) is 18.4 Å². The summed E-state index contributed by atoms with van der Waals surface area (Å²) in [5.41, 5.74) is 16.9. The Bertz CT molecular complexity index is 938. The molecule has 0 aliphatic carbocycles. The van der Waals surface area contributed by atoms with Gasteiger partial charge in [-0.1, -0.05) is 18.2 Å². The molecule has 0 aliphatic rings. The fraction of sp³-hybridized carbons (Fsp3) is 0.111. The van der Waals surface area contributed by atoms with E-state index in [-0.39, 0.29) is 0 Å². The van der Waals surface area contributed by atoms with Gasteiger partial charge in [0.05, 0.1) is 10.6 Å². The molecule has 0 saturated heterocycles. The van der Waals surface area contributed by atoms with Crippen LogP contribution in [0.4, 0.5) is 11.4 Å². The van der Waals surface area contributed by atoms with Crippen LogP contribution in [0, 0.1) is 6.92 Å². The van der Waals surface area contributed by atoms with Crippen LogP contribution in [0.25, 0.3) is 21.2 Å². The molecule has 4 nitrogen and oxygen atoms in total. The number of thiophene rings is 1. The zero-order chi connectivity index (χ0) is 16.6. The molecule has 1 aromatic heterocycles. The van der Waals surface area contributed by atoms with Crippen molar-refractivity contribution < 1.29 is 0 Å². The second kappa shape index (κ2) is 5.85. The lowest BCUT2D eigenvalue weighted by atomic mass is 9.99. The van der Waals surface area contributed by atoms with E-state index >= 15 is 0 Å². The minimum atomic E-state index is 0.482. The molecule has 1 heterocycles. The lowest BCUT2D eigenvalue weighted by Crippen LogP contribution is -2.10. The van der Waals surface area contributed by atoms with Crippen molar-refractivity contribution in [3.8, 4) is 11.1 Å². The topological polar surface area (TPSA) is 76.8 Å². The fourth-order valence-corrected chi connectivity index (χ4v) is 3.78. The van der Waals surface area contributed by atoms with Crippen molar-refractivity contribution in [1.29, 1.82) is 0 Å². The van der Waals surface area contributed by atoms with Gasteiger partial charge in [-0.25, -0.2) is 0 Å². The number of nitrogens with two attached hydrogens (primary N) is 2. The molecule has 0 saturated carbocycles. The number of anilines is 1. The Hall–Kier alpha value is -2.66. The average molecular weight is 322 g/mol. The number of amidine groups is 1. The van der Waals surface area contributed by atoms with Gasteiger partial charge in [0.15, 0.2) is 0 Å². The molecule has 0 aliphatic heterocycles. The number of fused-ring (bicyclic) bond motifs is 1. The minimum absolute atomic E-state index is 0.482. The molecule has 0 amide bonds. The third kappa shape index (κ3) is 2.59. The fourth-order valence-electron chi connectivity index (χ4n) is 2.63. The highest BCUT2D eigenvalue weighted by molar-refractivity contribution is 7.21. The Labute approximate surface area is 139 Å². The van der Waals surface area contributed by atoms with Crippen LogP contribution in [0.1, 0.15) is 10.4 Å². The second-order valence-electron chi connectivity index (χ2n) is 5.33. The molecule has 0 atom stereocenters. The smallest absolute Gasteiger partial charge is 0.137 e. The third-order valence-corrected chi connectivity index (χ3v) is 5.03. The Kier molecular flexibility index (Phi) is 3.88. The SMILES string of the molecule is C=Nc1c(C(N)=NC)sc2cc(-c3cc(N)ccc3C)ccc12. The quantitative estimate of drug-likeness (QED) is 0.432. The largest absolute Gasteiger partial charge is 0.399 e. The van der Waals surface area contributed by atoms with Crippen LogP contribution in [0.2, 0.25) is 0 Å². The van der Waals surface area contributed by atoms with Crippen LogP contribution >= 0.6 is 11.3 Å². The Morgan fingerprint density at radius 2 is 1.96 bits per heavy atom. The van der Waals surface area contributed by atoms with Gasteiger partial charge < -0.3 is 11.5 Å². The van der Waals surface area contributed by atoms with Gasteiger partial charge in [0.25, 0.3) is 0 Å². The molecule has 116 valence electrons. The maximum absolute atomic E-state index is 5.98. The number of benzene rings is 2. The summed E-state index contributed by atoms with van der Waals surface area (Å²) in [5.74, 6) is 0.482. The number of hydrogen-bond donors (Lipinski definition) is 2. The summed E-state index contributed by atoms with van der Waals surface area (Å²) in [4.78, 5) is 9.07. The van der Waals surface area contributed by atoms with Crippen molar-refractivity contribution >= 4 is 45.4 Å². The molecular weight excluding hydrogens is 304 g/mol. The standard InChI is InChI=1S/C18H18N4S/c1-10-4-6-12(19)9-14(10)11-5-7-13-15(8-11)23-17(16(13)21-2)18(20)22-3/h4-9H,2,19H2,1,3H3,(H2,20,22). The highest BCUT2D eigenvalue weighted by atomic mass is 32.1. The maximum atomic E-state index is 5.98. The highest BCUT2D eigenvalue weighted by Crippen LogP contribution is 2.40. The van der Waals surface area contributed by atoms with E-state index < -0.39 is 0 Å². The lowest BCUT2D eigenvalue weighted by molar-refractivity contribution is 1.40. The number of hydrogen-bond acceptors (Lipinski definition) is 4. The molecule has 2 aromatic carbocycles. The molecule has 0 unspecified atom stereocenters. The number of aliphatic imine (C=N–C) groups is 2. The lowest BCUT2D eigenvalue weighted by Gasteiger charge is -2.07. The summed E-state index contributed by atoms with van der Waals surface area (Å²) in [6.07, 6.45) is 0. The summed E-state index contributed by atoms with van der Waals surface area (Å²) in [6.45, 7) is 5.75.